The smallest absolute Gasteiger partial charge is 0.312 e. The van der Waals surface area contributed by atoms with Crippen LogP contribution in [0.2, 0.25) is 10.0 Å². The standard InChI is InChI=1S/C21H26Cl2O4/c1-11(10-24)17-15(22)7-14-13(18(17)23)5-6-16-20(14,2)8-12(25)9-21(16,3)19(26)27-4/h7,11,16,24H,5-6,8-10H2,1-4H3. The first kappa shape index (κ1) is 20.6. The molecule has 3 rings (SSSR count). The van der Waals surface area contributed by atoms with Gasteiger partial charge >= 0.3 is 5.97 Å². The molecule has 1 aromatic carbocycles. The van der Waals surface area contributed by atoms with E-state index in [-0.39, 0.29) is 36.6 Å². The number of carbonyl (C=O) groups is 2. The molecule has 0 spiro atoms. The Balaban J connectivity index is 2.20. The number of hydrogen-bond donors (Lipinski definition) is 1. The summed E-state index contributed by atoms with van der Waals surface area (Å²) in [7, 11) is 1.37. The second kappa shape index (κ2) is 7.06. The van der Waals surface area contributed by atoms with Gasteiger partial charge in [0.05, 0.1) is 12.5 Å². The number of rotatable bonds is 3. The Bertz CT molecular complexity index is 806. The lowest BCUT2D eigenvalue weighted by molar-refractivity contribution is -0.164. The molecule has 0 heterocycles. The second-order valence-corrected chi connectivity index (χ2v) is 9.29. The van der Waals surface area contributed by atoms with Gasteiger partial charge in [-0.15, -0.1) is 0 Å². The van der Waals surface area contributed by atoms with Crippen molar-refractivity contribution in [2.45, 2.75) is 57.8 Å². The number of Topliss-reactive ketones (excluding diaryl/α,β-unsaturated/α-hetero) is 1. The summed E-state index contributed by atoms with van der Waals surface area (Å²) in [5.41, 5.74) is 1.30. The van der Waals surface area contributed by atoms with Crippen LogP contribution in [-0.4, -0.2) is 30.6 Å². The number of aliphatic hydroxyl groups is 1. The van der Waals surface area contributed by atoms with Gasteiger partial charge in [0.2, 0.25) is 0 Å². The molecule has 148 valence electrons. The average Bonchev–Trinajstić information content (AvgIpc) is 2.60. The van der Waals surface area contributed by atoms with Crippen molar-refractivity contribution in [1.82, 2.24) is 0 Å². The summed E-state index contributed by atoms with van der Waals surface area (Å²) in [5.74, 6) is -0.488. The van der Waals surface area contributed by atoms with Crippen LogP contribution in [0.5, 0.6) is 0 Å². The second-order valence-electron chi connectivity index (χ2n) is 8.51. The number of hydrogen-bond acceptors (Lipinski definition) is 4. The number of fused-ring (bicyclic) bond motifs is 3. The fourth-order valence-electron chi connectivity index (χ4n) is 5.46. The van der Waals surface area contributed by atoms with Gasteiger partial charge in [-0.2, -0.15) is 0 Å². The minimum absolute atomic E-state index is 0.0316. The first-order valence-electron chi connectivity index (χ1n) is 9.32. The van der Waals surface area contributed by atoms with Gasteiger partial charge < -0.3 is 9.84 Å². The maximum atomic E-state index is 12.7. The van der Waals surface area contributed by atoms with E-state index >= 15 is 0 Å². The molecule has 0 aromatic heterocycles. The summed E-state index contributed by atoms with van der Waals surface area (Å²) in [4.78, 5) is 25.3. The summed E-state index contributed by atoms with van der Waals surface area (Å²) in [6, 6.07) is 1.90. The maximum absolute atomic E-state index is 12.7. The SMILES string of the molecule is COC(=O)C1(C)CC(=O)CC2(C)c3cc(Cl)c(C(C)CO)c(Cl)c3CCC12. The van der Waals surface area contributed by atoms with E-state index in [4.69, 9.17) is 27.9 Å². The van der Waals surface area contributed by atoms with Crippen molar-refractivity contribution in [3.05, 3.63) is 32.8 Å². The molecule has 4 atom stereocenters. The zero-order valence-electron chi connectivity index (χ0n) is 16.2. The van der Waals surface area contributed by atoms with Gasteiger partial charge in [-0.05, 0) is 48.4 Å². The van der Waals surface area contributed by atoms with Crippen LogP contribution < -0.4 is 0 Å². The zero-order chi connectivity index (χ0) is 20.1. The van der Waals surface area contributed by atoms with Gasteiger partial charge in [-0.25, -0.2) is 0 Å². The predicted molar refractivity (Wildman–Crippen MR) is 105 cm³/mol. The molecule has 0 saturated heterocycles. The Morgan fingerprint density at radius 2 is 2.04 bits per heavy atom. The van der Waals surface area contributed by atoms with Crippen molar-refractivity contribution in [1.29, 1.82) is 0 Å². The van der Waals surface area contributed by atoms with Gasteiger partial charge in [0.25, 0.3) is 0 Å². The molecule has 1 fully saturated rings. The highest BCUT2D eigenvalue weighted by molar-refractivity contribution is 6.36. The number of benzene rings is 1. The summed E-state index contributed by atoms with van der Waals surface area (Å²) in [6.07, 6.45) is 2.02. The normalized spacial score (nSPS) is 31.1. The van der Waals surface area contributed by atoms with Crippen molar-refractivity contribution < 1.29 is 19.4 Å². The highest BCUT2D eigenvalue weighted by Crippen LogP contribution is 2.58. The molecule has 1 N–H and O–H groups in total. The molecule has 0 bridgehead atoms. The minimum atomic E-state index is -0.855. The third-order valence-corrected chi connectivity index (χ3v) is 7.48. The van der Waals surface area contributed by atoms with E-state index in [9.17, 15) is 14.7 Å². The lowest BCUT2D eigenvalue weighted by Crippen LogP contribution is -2.55. The molecule has 4 nitrogen and oxygen atoms in total. The molecule has 0 aliphatic heterocycles. The zero-order valence-corrected chi connectivity index (χ0v) is 17.7. The van der Waals surface area contributed by atoms with Crippen LogP contribution in [0.25, 0.3) is 0 Å². The molecule has 6 heteroatoms. The topological polar surface area (TPSA) is 63.6 Å². The van der Waals surface area contributed by atoms with Crippen LogP contribution in [0.15, 0.2) is 6.07 Å². The van der Waals surface area contributed by atoms with E-state index in [0.29, 0.717) is 22.9 Å². The van der Waals surface area contributed by atoms with Gasteiger partial charge in [0.15, 0.2) is 0 Å². The number of ether oxygens (including phenoxy) is 1. The van der Waals surface area contributed by atoms with E-state index in [1.54, 1.807) is 0 Å². The molecule has 1 saturated carbocycles. The Morgan fingerprint density at radius 1 is 1.37 bits per heavy atom. The number of ketones is 1. The van der Waals surface area contributed by atoms with Gasteiger partial charge in [-0.1, -0.05) is 37.0 Å². The van der Waals surface area contributed by atoms with E-state index in [1.807, 2.05) is 26.8 Å². The van der Waals surface area contributed by atoms with Gasteiger partial charge in [0.1, 0.15) is 5.78 Å². The van der Waals surface area contributed by atoms with E-state index in [2.05, 4.69) is 0 Å². The van der Waals surface area contributed by atoms with Gasteiger partial charge in [-0.3, -0.25) is 9.59 Å². The highest BCUT2D eigenvalue weighted by Gasteiger charge is 2.58. The molecular formula is C21H26Cl2O4. The molecule has 2 aliphatic rings. The van der Waals surface area contributed by atoms with Crippen LogP contribution in [0.1, 0.15) is 62.6 Å². The third-order valence-electron chi connectivity index (χ3n) is 6.74. The summed E-state index contributed by atoms with van der Waals surface area (Å²) < 4.78 is 5.06. The van der Waals surface area contributed by atoms with Crippen molar-refractivity contribution in [2.75, 3.05) is 13.7 Å². The summed E-state index contributed by atoms with van der Waals surface area (Å²) >= 11 is 13.3. The fourth-order valence-corrected chi connectivity index (χ4v) is 6.38. The van der Waals surface area contributed by atoms with Crippen LogP contribution >= 0.6 is 23.2 Å². The lowest BCUT2D eigenvalue weighted by atomic mass is 9.49. The molecule has 0 radical (unpaired) electrons. The quantitative estimate of drug-likeness (QED) is 0.744. The first-order valence-corrected chi connectivity index (χ1v) is 10.1. The molecule has 1 aromatic rings. The first-order chi connectivity index (χ1) is 12.6. The molecular weight excluding hydrogens is 387 g/mol. The number of carbonyl (C=O) groups excluding carboxylic acids is 2. The maximum Gasteiger partial charge on any atom is 0.312 e. The van der Waals surface area contributed by atoms with Crippen LogP contribution in [-0.2, 0) is 26.2 Å². The Hall–Kier alpha value is -1.10. The Kier molecular flexibility index (Phi) is 5.39. The molecule has 0 amide bonds. The van der Waals surface area contributed by atoms with E-state index in [1.165, 1.54) is 7.11 Å². The van der Waals surface area contributed by atoms with Crippen molar-refractivity contribution in [2.24, 2.45) is 11.3 Å². The average molecular weight is 413 g/mol. The van der Waals surface area contributed by atoms with E-state index in [0.717, 1.165) is 23.1 Å². The molecule has 4 unspecified atom stereocenters. The summed E-state index contributed by atoms with van der Waals surface area (Å²) in [5, 5.41) is 10.6. The molecule has 2 aliphatic carbocycles. The van der Waals surface area contributed by atoms with Crippen molar-refractivity contribution in [3.8, 4) is 0 Å². The van der Waals surface area contributed by atoms with Gasteiger partial charge in [0, 0.05) is 40.8 Å². The van der Waals surface area contributed by atoms with Crippen LogP contribution in [0.3, 0.4) is 0 Å². The third kappa shape index (κ3) is 3.01. The Labute approximate surface area is 170 Å². The minimum Gasteiger partial charge on any atom is -0.469 e. The molecule has 27 heavy (non-hydrogen) atoms. The highest BCUT2D eigenvalue weighted by atomic mass is 35.5. The fraction of sp³-hybridized carbons (Fsp3) is 0.619. The Morgan fingerprint density at radius 3 is 2.63 bits per heavy atom. The summed E-state index contributed by atoms with van der Waals surface area (Å²) in [6.45, 7) is 5.72. The number of methoxy groups -OCH3 is 1. The van der Waals surface area contributed by atoms with Crippen molar-refractivity contribution in [3.63, 3.8) is 0 Å². The monoisotopic (exact) mass is 412 g/mol. The predicted octanol–water partition coefficient (Wildman–Crippen LogP) is 4.45. The van der Waals surface area contributed by atoms with E-state index < -0.39 is 10.8 Å². The largest absolute Gasteiger partial charge is 0.469 e. The lowest BCUT2D eigenvalue weighted by Gasteiger charge is -2.53. The number of halogens is 2. The van der Waals surface area contributed by atoms with Crippen LogP contribution in [0.4, 0.5) is 0 Å². The number of esters is 1. The number of aliphatic hydroxyl groups excluding tert-OH is 1. The van der Waals surface area contributed by atoms with Crippen LogP contribution in [0, 0.1) is 11.3 Å². The van der Waals surface area contributed by atoms with Crippen molar-refractivity contribution >= 4 is 35.0 Å².